The van der Waals surface area contributed by atoms with Gasteiger partial charge in [-0.05, 0) is 26.7 Å². The summed E-state index contributed by atoms with van der Waals surface area (Å²) < 4.78 is 5.24. The molecule has 1 aliphatic carbocycles. The molecule has 3 rings (SSSR count). The van der Waals surface area contributed by atoms with Gasteiger partial charge in [0.05, 0.1) is 5.71 Å². The third-order valence-electron chi connectivity index (χ3n) is 2.83. The Morgan fingerprint density at radius 2 is 2.20 bits per heavy atom. The molecule has 0 spiro atoms. The molecule has 1 aromatic rings. The minimum Gasteiger partial charge on any atom is -0.379 e. The lowest BCUT2D eigenvalue weighted by Gasteiger charge is -2.15. The monoisotopic (exact) mass is 207 g/mol. The topological polar surface area (TPSA) is 60.5 Å². The summed E-state index contributed by atoms with van der Waals surface area (Å²) in [6, 6.07) is 0. The molecule has 1 saturated carbocycles. The van der Waals surface area contributed by atoms with Crippen molar-refractivity contribution in [3.8, 4) is 0 Å². The fourth-order valence-corrected chi connectivity index (χ4v) is 1.80. The zero-order chi connectivity index (χ0) is 10.5. The van der Waals surface area contributed by atoms with Crippen molar-refractivity contribution in [2.75, 3.05) is 0 Å². The molecule has 0 bridgehead atoms. The zero-order valence-corrected chi connectivity index (χ0v) is 8.86. The van der Waals surface area contributed by atoms with Gasteiger partial charge >= 0.3 is 0 Å². The van der Waals surface area contributed by atoms with E-state index < -0.39 is 5.60 Å². The van der Waals surface area contributed by atoms with Gasteiger partial charge in [0.2, 0.25) is 5.60 Å². The molecule has 1 unspecified atom stereocenters. The van der Waals surface area contributed by atoms with Crippen LogP contribution in [0.15, 0.2) is 9.68 Å². The second-order valence-electron chi connectivity index (χ2n) is 4.56. The summed E-state index contributed by atoms with van der Waals surface area (Å²) in [5.74, 6) is 1.87. The van der Waals surface area contributed by atoms with Crippen molar-refractivity contribution in [3.05, 3.63) is 11.7 Å². The molecule has 1 aliphatic heterocycles. The molecule has 5 heteroatoms. The van der Waals surface area contributed by atoms with E-state index in [-0.39, 0.29) is 0 Å². The third-order valence-corrected chi connectivity index (χ3v) is 2.83. The second kappa shape index (κ2) is 2.81. The molecule has 2 aliphatic rings. The maximum atomic E-state index is 5.34. The Morgan fingerprint density at radius 1 is 1.40 bits per heavy atom. The molecule has 0 amide bonds. The third kappa shape index (κ3) is 1.42. The summed E-state index contributed by atoms with van der Waals surface area (Å²) in [6.07, 6.45) is 3.07. The van der Waals surface area contributed by atoms with Crippen LogP contribution in [0.5, 0.6) is 0 Å². The molecule has 5 nitrogen and oxygen atoms in total. The quantitative estimate of drug-likeness (QED) is 0.743. The van der Waals surface area contributed by atoms with E-state index in [1.54, 1.807) is 0 Å². The Kier molecular flexibility index (Phi) is 1.66. The second-order valence-corrected chi connectivity index (χ2v) is 4.56. The lowest BCUT2D eigenvalue weighted by atomic mass is 10.0. The van der Waals surface area contributed by atoms with E-state index in [9.17, 15) is 0 Å². The average molecular weight is 207 g/mol. The van der Waals surface area contributed by atoms with Crippen molar-refractivity contribution in [2.45, 2.75) is 44.6 Å². The van der Waals surface area contributed by atoms with E-state index in [4.69, 9.17) is 9.36 Å². The van der Waals surface area contributed by atoms with Crippen molar-refractivity contribution < 1.29 is 9.36 Å². The lowest BCUT2D eigenvalue weighted by Crippen LogP contribution is -2.21. The summed E-state index contributed by atoms with van der Waals surface area (Å²) in [4.78, 5) is 9.73. The van der Waals surface area contributed by atoms with Gasteiger partial charge in [0, 0.05) is 12.3 Å². The Labute approximate surface area is 87.5 Å². The van der Waals surface area contributed by atoms with Crippen LogP contribution in [0.4, 0.5) is 0 Å². The van der Waals surface area contributed by atoms with Gasteiger partial charge in [0.1, 0.15) is 0 Å². The van der Waals surface area contributed by atoms with Crippen molar-refractivity contribution in [3.63, 3.8) is 0 Å². The van der Waals surface area contributed by atoms with Gasteiger partial charge in [-0.2, -0.15) is 4.98 Å². The van der Waals surface area contributed by atoms with Crippen LogP contribution >= 0.6 is 0 Å². The Hall–Kier alpha value is -1.39. The van der Waals surface area contributed by atoms with Crippen molar-refractivity contribution >= 4 is 5.71 Å². The van der Waals surface area contributed by atoms with Crippen LogP contribution in [0.3, 0.4) is 0 Å². The predicted molar refractivity (Wildman–Crippen MR) is 52.4 cm³/mol. The van der Waals surface area contributed by atoms with Gasteiger partial charge in [-0.15, -0.1) is 0 Å². The molecular formula is C10H13N3O2. The van der Waals surface area contributed by atoms with Crippen molar-refractivity contribution in [1.29, 1.82) is 0 Å². The zero-order valence-electron chi connectivity index (χ0n) is 8.86. The Bertz CT molecular complexity index is 422. The number of nitrogens with zero attached hydrogens (tertiary/aromatic N) is 3. The summed E-state index contributed by atoms with van der Waals surface area (Å²) in [7, 11) is 0. The first-order valence-electron chi connectivity index (χ1n) is 5.23. The summed E-state index contributed by atoms with van der Waals surface area (Å²) >= 11 is 0. The molecule has 2 heterocycles. The van der Waals surface area contributed by atoms with E-state index in [0.29, 0.717) is 11.8 Å². The van der Waals surface area contributed by atoms with Crippen LogP contribution < -0.4 is 0 Å². The first-order valence-corrected chi connectivity index (χ1v) is 5.23. The molecule has 80 valence electrons. The van der Waals surface area contributed by atoms with E-state index in [1.165, 1.54) is 12.8 Å². The minimum atomic E-state index is -0.551. The fraction of sp³-hybridized carbons (Fsp3) is 0.700. The van der Waals surface area contributed by atoms with Gasteiger partial charge in [-0.25, -0.2) is 0 Å². The van der Waals surface area contributed by atoms with Crippen LogP contribution in [0.1, 0.15) is 50.7 Å². The predicted octanol–water partition coefficient (Wildman–Crippen LogP) is 1.96. The number of oxime groups is 1. The normalized spacial score (nSPS) is 30.1. The smallest absolute Gasteiger partial charge is 0.273 e. The molecule has 1 aromatic heterocycles. The largest absolute Gasteiger partial charge is 0.379 e. The molecule has 1 atom stereocenters. The molecule has 0 aromatic carbocycles. The average Bonchev–Trinajstić information content (AvgIpc) is 2.81. The van der Waals surface area contributed by atoms with E-state index in [0.717, 1.165) is 18.0 Å². The SMILES string of the molecule is CC1=NOC(C)(c2nc(C3CC3)no2)C1. The van der Waals surface area contributed by atoms with Gasteiger partial charge in [0.25, 0.3) is 5.89 Å². The Balaban J connectivity index is 1.85. The molecule has 0 radical (unpaired) electrons. The first-order chi connectivity index (χ1) is 7.17. The molecule has 0 N–H and O–H groups in total. The minimum absolute atomic E-state index is 0.509. The number of rotatable bonds is 2. The number of aromatic nitrogens is 2. The van der Waals surface area contributed by atoms with Gasteiger partial charge in [-0.1, -0.05) is 10.3 Å². The summed E-state index contributed by atoms with van der Waals surface area (Å²) in [5.41, 5.74) is 0.410. The molecule has 0 saturated heterocycles. The summed E-state index contributed by atoms with van der Waals surface area (Å²) in [5, 5.41) is 7.90. The maximum Gasteiger partial charge on any atom is 0.273 e. The molecule has 1 fully saturated rings. The first kappa shape index (κ1) is 8.88. The van der Waals surface area contributed by atoms with Crippen LogP contribution in [0.25, 0.3) is 0 Å². The standard InChI is InChI=1S/C10H13N3O2/c1-6-5-10(2,15-12-6)9-11-8(13-14-9)7-3-4-7/h7H,3-5H2,1-2H3. The molecular weight excluding hydrogens is 194 g/mol. The lowest BCUT2D eigenvalue weighted by molar-refractivity contribution is -0.0313. The van der Waals surface area contributed by atoms with Crippen LogP contribution in [-0.4, -0.2) is 15.9 Å². The molecule has 15 heavy (non-hydrogen) atoms. The highest BCUT2D eigenvalue weighted by Crippen LogP contribution is 2.40. The van der Waals surface area contributed by atoms with Gasteiger partial charge in [0.15, 0.2) is 5.82 Å². The number of hydrogen-bond donors (Lipinski definition) is 0. The van der Waals surface area contributed by atoms with Crippen LogP contribution in [0, 0.1) is 0 Å². The van der Waals surface area contributed by atoms with Crippen LogP contribution in [-0.2, 0) is 10.4 Å². The maximum absolute atomic E-state index is 5.34. The number of hydrogen-bond acceptors (Lipinski definition) is 5. The fourth-order valence-electron chi connectivity index (χ4n) is 1.80. The highest BCUT2D eigenvalue weighted by Gasteiger charge is 2.41. The van der Waals surface area contributed by atoms with Crippen molar-refractivity contribution in [1.82, 2.24) is 10.1 Å². The van der Waals surface area contributed by atoms with Crippen molar-refractivity contribution in [2.24, 2.45) is 5.16 Å². The van der Waals surface area contributed by atoms with Gasteiger partial charge in [-0.3, -0.25) is 0 Å². The Morgan fingerprint density at radius 3 is 2.80 bits per heavy atom. The highest BCUT2D eigenvalue weighted by molar-refractivity contribution is 5.83. The van der Waals surface area contributed by atoms with E-state index in [2.05, 4.69) is 15.3 Å². The van der Waals surface area contributed by atoms with Crippen LogP contribution in [0.2, 0.25) is 0 Å². The highest BCUT2D eigenvalue weighted by atomic mass is 16.7. The van der Waals surface area contributed by atoms with Gasteiger partial charge < -0.3 is 9.36 Å². The van der Waals surface area contributed by atoms with E-state index in [1.807, 2.05) is 13.8 Å². The summed E-state index contributed by atoms with van der Waals surface area (Å²) in [6.45, 7) is 3.86. The van der Waals surface area contributed by atoms with E-state index >= 15 is 0 Å².